The molecule has 6 heteroatoms. The van der Waals surface area contributed by atoms with Crippen LogP contribution in [0.2, 0.25) is 0 Å². The molecule has 3 rings (SSSR count). The van der Waals surface area contributed by atoms with Crippen LogP contribution in [-0.4, -0.2) is 36.1 Å². The SMILES string of the molecule is NNc1cc(N2CCN(c3ccccn3)CC2)ccn1. The van der Waals surface area contributed by atoms with Crippen LogP contribution in [0.5, 0.6) is 0 Å². The van der Waals surface area contributed by atoms with Crippen LogP contribution in [0.15, 0.2) is 42.7 Å². The number of hydrogen-bond acceptors (Lipinski definition) is 6. The van der Waals surface area contributed by atoms with Crippen LogP contribution in [-0.2, 0) is 0 Å². The Labute approximate surface area is 118 Å². The van der Waals surface area contributed by atoms with Crippen molar-refractivity contribution in [3.05, 3.63) is 42.7 Å². The molecule has 1 fully saturated rings. The third-order valence-electron chi connectivity index (χ3n) is 3.51. The van der Waals surface area contributed by atoms with E-state index in [1.807, 2.05) is 30.5 Å². The van der Waals surface area contributed by atoms with Crippen LogP contribution in [0.3, 0.4) is 0 Å². The Morgan fingerprint density at radius 3 is 2.45 bits per heavy atom. The molecule has 6 nitrogen and oxygen atoms in total. The maximum Gasteiger partial charge on any atom is 0.141 e. The maximum atomic E-state index is 5.40. The minimum atomic E-state index is 0.689. The molecule has 0 spiro atoms. The molecule has 1 aliphatic heterocycles. The average Bonchev–Trinajstić information content (AvgIpc) is 2.56. The van der Waals surface area contributed by atoms with Crippen LogP contribution < -0.4 is 21.1 Å². The van der Waals surface area contributed by atoms with Crippen LogP contribution in [0, 0.1) is 0 Å². The molecule has 3 N–H and O–H groups in total. The van der Waals surface area contributed by atoms with Gasteiger partial charge in [-0.15, -0.1) is 0 Å². The number of anilines is 3. The highest BCUT2D eigenvalue weighted by atomic mass is 15.3. The van der Waals surface area contributed by atoms with Crippen molar-refractivity contribution in [2.75, 3.05) is 41.4 Å². The molecule has 0 bridgehead atoms. The smallest absolute Gasteiger partial charge is 0.141 e. The van der Waals surface area contributed by atoms with Crippen molar-refractivity contribution >= 4 is 17.3 Å². The van der Waals surface area contributed by atoms with E-state index in [1.165, 1.54) is 0 Å². The van der Waals surface area contributed by atoms with E-state index in [0.717, 1.165) is 37.7 Å². The van der Waals surface area contributed by atoms with Gasteiger partial charge in [-0.2, -0.15) is 0 Å². The standard InChI is InChI=1S/C14H18N6/c15-18-13-11-12(4-6-16-13)19-7-9-20(10-8-19)14-3-1-2-5-17-14/h1-6,11H,7-10,15H2,(H,16,18). The largest absolute Gasteiger partial charge is 0.368 e. The van der Waals surface area contributed by atoms with Crippen molar-refractivity contribution in [1.29, 1.82) is 0 Å². The maximum absolute atomic E-state index is 5.40. The van der Waals surface area contributed by atoms with Gasteiger partial charge in [-0.1, -0.05) is 6.07 Å². The number of pyridine rings is 2. The first-order chi connectivity index (χ1) is 9.86. The first kappa shape index (κ1) is 12.7. The summed E-state index contributed by atoms with van der Waals surface area (Å²) in [5.74, 6) is 7.14. The minimum Gasteiger partial charge on any atom is -0.368 e. The Balaban J connectivity index is 1.66. The second-order valence-corrected chi connectivity index (χ2v) is 4.71. The fraction of sp³-hybridized carbons (Fsp3) is 0.286. The summed E-state index contributed by atoms with van der Waals surface area (Å²) >= 11 is 0. The average molecular weight is 270 g/mol. The number of nitrogen functional groups attached to an aromatic ring is 1. The van der Waals surface area contributed by atoms with Gasteiger partial charge < -0.3 is 15.2 Å². The summed E-state index contributed by atoms with van der Waals surface area (Å²) in [7, 11) is 0. The molecule has 20 heavy (non-hydrogen) atoms. The van der Waals surface area contributed by atoms with Gasteiger partial charge in [0, 0.05) is 50.3 Å². The first-order valence-corrected chi connectivity index (χ1v) is 6.70. The van der Waals surface area contributed by atoms with Gasteiger partial charge in [0.05, 0.1) is 0 Å². The van der Waals surface area contributed by atoms with E-state index in [0.29, 0.717) is 5.82 Å². The van der Waals surface area contributed by atoms with Crippen molar-refractivity contribution in [2.24, 2.45) is 5.84 Å². The van der Waals surface area contributed by atoms with Crippen LogP contribution in [0.25, 0.3) is 0 Å². The fourth-order valence-electron chi connectivity index (χ4n) is 2.43. The predicted molar refractivity (Wildman–Crippen MR) is 80.7 cm³/mol. The van der Waals surface area contributed by atoms with Gasteiger partial charge in [-0.3, -0.25) is 0 Å². The van der Waals surface area contributed by atoms with Gasteiger partial charge in [0.25, 0.3) is 0 Å². The number of hydrazine groups is 1. The van der Waals surface area contributed by atoms with Gasteiger partial charge in [0.2, 0.25) is 0 Å². The summed E-state index contributed by atoms with van der Waals surface area (Å²) in [5, 5.41) is 0. The third kappa shape index (κ3) is 2.65. The number of piperazine rings is 1. The molecule has 0 unspecified atom stereocenters. The summed E-state index contributed by atoms with van der Waals surface area (Å²) in [4.78, 5) is 13.2. The van der Waals surface area contributed by atoms with E-state index in [4.69, 9.17) is 5.84 Å². The van der Waals surface area contributed by atoms with Gasteiger partial charge in [0.15, 0.2) is 0 Å². The molecular weight excluding hydrogens is 252 g/mol. The summed E-state index contributed by atoms with van der Waals surface area (Å²) in [6.07, 6.45) is 3.61. The van der Waals surface area contributed by atoms with E-state index in [1.54, 1.807) is 6.20 Å². The zero-order valence-corrected chi connectivity index (χ0v) is 11.2. The number of nitrogens with two attached hydrogens (primary N) is 1. The topological polar surface area (TPSA) is 70.3 Å². The number of nitrogens with zero attached hydrogens (tertiary/aromatic N) is 4. The highest BCUT2D eigenvalue weighted by Crippen LogP contribution is 2.20. The Bertz CT molecular complexity index is 551. The lowest BCUT2D eigenvalue weighted by Gasteiger charge is -2.36. The summed E-state index contributed by atoms with van der Waals surface area (Å²) in [5.41, 5.74) is 3.73. The highest BCUT2D eigenvalue weighted by Gasteiger charge is 2.18. The van der Waals surface area contributed by atoms with Crippen molar-refractivity contribution < 1.29 is 0 Å². The molecule has 1 aliphatic rings. The lowest BCUT2D eigenvalue weighted by atomic mass is 10.2. The fourth-order valence-corrected chi connectivity index (χ4v) is 2.43. The zero-order valence-electron chi connectivity index (χ0n) is 11.2. The first-order valence-electron chi connectivity index (χ1n) is 6.70. The lowest BCUT2D eigenvalue weighted by Crippen LogP contribution is -2.46. The second kappa shape index (κ2) is 5.75. The van der Waals surface area contributed by atoms with Crippen molar-refractivity contribution in [3.63, 3.8) is 0 Å². The van der Waals surface area contributed by atoms with E-state index in [9.17, 15) is 0 Å². The number of hydrogen-bond donors (Lipinski definition) is 2. The summed E-state index contributed by atoms with van der Waals surface area (Å²) in [6.45, 7) is 3.85. The Morgan fingerprint density at radius 1 is 0.950 bits per heavy atom. The molecule has 0 amide bonds. The highest BCUT2D eigenvalue weighted by molar-refractivity contribution is 5.54. The van der Waals surface area contributed by atoms with Gasteiger partial charge in [-0.05, 0) is 18.2 Å². The van der Waals surface area contributed by atoms with E-state index in [2.05, 4.69) is 31.3 Å². The van der Waals surface area contributed by atoms with E-state index >= 15 is 0 Å². The summed E-state index contributed by atoms with van der Waals surface area (Å²) in [6, 6.07) is 10.0. The van der Waals surface area contributed by atoms with Gasteiger partial charge >= 0.3 is 0 Å². The predicted octanol–water partition coefficient (Wildman–Crippen LogP) is 1.09. The number of rotatable bonds is 3. The van der Waals surface area contributed by atoms with Gasteiger partial charge in [-0.25, -0.2) is 15.8 Å². The van der Waals surface area contributed by atoms with Crippen molar-refractivity contribution in [1.82, 2.24) is 9.97 Å². The molecule has 2 aromatic rings. The normalized spacial score (nSPS) is 15.2. The molecule has 1 saturated heterocycles. The summed E-state index contributed by atoms with van der Waals surface area (Å²) < 4.78 is 0. The van der Waals surface area contributed by atoms with E-state index < -0.39 is 0 Å². The molecular formula is C14H18N6. The van der Waals surface area contributed by atoms with Crippen LogP contribution in [0.4, 0.5) is 17.3 Å². The zero-order chi connectivity index (χ0) is 13.8. The van der Waals surface area contributed by atoms with Crippen LogP contribution in [0.1, 0.15) is 0 Å². The van der Waals surface area contributed by atoms with Crippen molar-refractivity contribution in [2.45, 2.75) is 0 Å². The number of aromatic nitrogens is 2. The van der Waals surface area contributed by atoms with E-state index in [-0.39, 0.29) is 0 Å². The molecule has 0 saturated carbocycles. The molecule has 0 atom stereocenters. The Kier molecular flexibility index (Phi) is 3.64. The van der Waals surface area contributed by atoms with Crippen LogP contribution >= 0.6 is 0 Å². The third-order valence-corrected chi connectivity index (χ3v) is 3.51. The molecule has 104 valence electrons. The molecule has 0 radical (unpaired) electrons. The monoisotopic (exact) mass is 270 g/mol. The molecule has 2 aromatic heterocycles. The lowest BCUT2D eigenvalue weighted by molar-refractivity contribution is 0.647. The Hall–Kier alpha value is -2.34. The number of nitrogens with one attached hydrogen (secondary N) is 1. The van der Waals surface area contributed by atoms with Gasteiger partial charge in [0.1, 0.15) is 11.6 Å². The Morgan fingerprint density at radius 2 is 1.75 bits per heavy atom. The molecule has 3 heterocycles. The van der Waals surface area contributed by atoms with Crippen molar-refractivity contribution in [3.8, 4) is 0 Å². The molecule has 0 aliphatic carbocycles. The second-order valence-electron chi connectivity index (χ2n) is 4.71. The quantitative estimate of drug-likeness (QED) is 0.642. The minimum absolute atomic E-state index is 0.689. The molecule has 0 aromatic carbocycles.